The molecule has 1 aromatic carbocycles. The standard InChI is InChI=1S/C13H14F5N3O/c14-12(15)3-5-21(6-4-12)10-7-8(11(22)20-19)1-2-9(10)13(16,17)18/h1-2,7H,3-6,19H2,(H,20,22). The first-order valence-corrected chi connectivity index (χ1v) is 6.49. The van der Waals surface area contributed by atoms with Crippen LogP contribution in [-0.2, 0) is 6.18 Å². The van der Waals surface area contributed by atoms with Crippen LogP contribution in [0.25, 0.3) is 0 Å². The Morgan fingerprint density at radius 2 is 1.82 bits per heavy atom. The van der Waals surface area contributed by atoms with Crippen molar-refractivity contribution in [3.8, 4) is 0 Å². The highest BCUT2D eigenvalue weighted by molar-refractivity contribution is 5.95. The van der Waals surface area contributed by atoms with E-state index in [0.717, 1.165) is 18.2 Å². The van der Waals surface area contributed by atoms with E-state index in [4.69, 9.17) is 5.84 Å². The fraction of sp³-hybridized carbons (Fsp3) is 0.462. The van der Waals surface area contributed by atoms with E-state index < -0.39 is 36.4 Å². The van der Waals surface area contributed by atoms with Gasteiger partial charge in [-0.25, -0.2) is 14.6 Å². The lowest BCUT2D eigenvalue weighted by atomic mass is 10.0. The van der Waals surface area contributed by atoms with Gasteiger partial charge in [0.05, 0.1) is 5.56 Å². The van der Waals surface area contributed by atoms with Gasteiger partial charge in [0.15, 0.2) is 0 Å². The van der Waals surface area contributed by atoms with Crippen LogP contribution in [0.2, 0.25) is 0 Å². The fourth-order valence-corrected chi connectivity index (χ4v) is 2.33. The zero-order valence-corrected chi connectivity index (χ0v) is 11.4. The van der Waals surface area contributed by atoms with Crippen molar-refractivity contribution in [3.05, 3.63) is 29.3 Å². The maximum Gasteiger partial charge on any atom is 0.418 e. The second-order valence-electron chi connectivity index (χ2n) is 5.05. The molecule has 0 aliphatic carbocycles. The number of nitrogens with one attached hydrogen (secondary N) is 1. The lowest BCUT2D eigenvalue weighted by Gasteiger charge is -2.35. The first-order chi connectivity index (χ1) is 10.1. The van der Waals surface area contributed by atoms with Crippen molar-refractivity contribution in [2.45, 2.75) is 24.9 Å². The zero-order chi connectivity index (χ0) is 16.5. The number of nitrogens with zero attached hydrogens (tertiary/aromatic N) is 1. The van der Waals surface area contributed by atoms with E-state index in [-0.39, 0.29) is 24.3 Å². The Labute approximate surface area is 123 Å². The fourth-order valence-electron chi connectivity index (χ4n) is 2.33. The summed E-state index contributed by atoms with van der Waals surface area (Å²) in [6, 6.07) is 2.77. The summed E-state index contributed by atoms with van der Waals surface area (Å²) in [5, 5.41) is 0. The molecular weight excluding hydrogens is 309 g/mol. The average molecular weight is 323 g/mol. The number of nitrogen functional groups attached to an aromatic ring is 1. The quantitative estimate of drug-likeness (QED) is 0.381. The number of halogens is 5. The van der Waals surface area contributed by atoms with Gasteiger partial charge >= 0.3 is 6.18 Å². The number of amides is 1. The van der Waals surface area contributed by atoms with Crippen molar-refractivity contribution in [2.75, 3.05) is 18.0 Å². The summed E-state index contributed by atoms with van der Waals surface area (Å²) in [6.45, 7) is -0.437. The predicted octanol–water partition coefficient (Wildman–Crippen LogP) is 2.54. The van der Waals surface area contributed by atoms with E-state index in [9.17, 15) is 26.7 Å². The van der Waals surface area contributed by atoms with Crippen LogP contribution in [0.1, 0.15) is 28.8 Å². The third kappa shape index (κ3) is 3.46. The zero-order valence-electron chi connectivity index (χ0n) is 11.4. The van der Waals surface area contributed by atoms with Crippen molar-refractivity contribution >= 4 is 11.6 Å². The van der Waals surface area contributed by atoms with Gasteiger partial charge in [0, 0.05) is 37.2 Å². The SMILES string of the molecule is NNC(=O)c1ccc(C(F)(F)F)c(N2CCC(F)(F)CC2)c1. The van der Waals surface area contributed by atoms with E-state index in [1.807, 2.05) is 5.43 Å². The van der Waals surface area contributed by atoms with E-state index >= 15 is 0 Å². The number of carbonyl (C=O) groups is 1. The predicted molar refractivity (Wildman–Crippen MR) is 69.5 cm³/mol. The van der Waals surface area contributed by atoms with Crippen LogP contribution in [0.3, 0.4) is 0 Å². The second-order valence-corrected chi connectivity index (χ2v) is 5.05. The normalized spacial score (nSPS) is 18.2. The highest BCUT2D eigenvalue weighted by Gasteiger charge is 2.39. The third-order valence-electron chi connectivity index (χ3n) is 3.53. The van der Waals surface area contributed by atoms with Gasteiger partial charge in [-0.2, -0.15) is 13.2 Å². The number of hydrogen-bond donors (Lipinski definition) is 2. The summed E-state index contributed by atoms with van der Waals surface area (Å²) >= 11 is 0. The molecule has 0 saturated carbocycles. The molecule has 1 amide bonds. The molecule has 0 aromatic heterocycles. The summed E-state index contributed by atoms with van der Waals surface area (Å²) < 4.78 is 65.5. The highest BCUT2D eigenvalue weighted by Crippen LogP contribution is 2.39. The molecule has 1 aromatic rings. The number of rotatable bonds is 2. The largest absolute Gasteiger partial charge is 0.418 e. The first kappa shape index (κ1) is 16.5. The molecule has 9 heteroatoms. The molecule has 1 saturated heterocycles. The van der Waals surface area contributed by atoms with E-state index in [1.54, 1.807) is 0 Å². The molecule has 2 rings (SSSR count). The Morgan fingerprint density at radius 3 is 2.32 bits per heavy atom. The van der Waals surface area contributed by atoms with Gasteiger partial charge in [0.1, 0.15) is 0 Å². The maximum absolute atomic E-state index is 13.2. The van der Waals surface area contributed by atoms with Crippen LogP contribution in [0, 0.1) is 0 Å². The molecule has 1 heterocycles. The number of nitrogens with two attached hydrogens (primary N) is 1. The lowest BCUT2D eigenvalue weighted by Crippen LogP contribution is -2.40. The number of hydrogen-bond acceptors (Lipinski definition) is 3. The first-order valence-electron chi connectivity index (χ1n) is 6.49. The maximum atomic E-state index is 13.2. The highest BCUT2D eigenvalue weighted by atomic mass is 19.4. The molecular formula is C13H14F5N3O. The summed E-state index contributed by atoms with van der Waals surface area (Å²) in [6.07, 6.45) is -5.71. The topological polar surface area (TPSA) is 58.4 Å². The van der Waals surface area contributed by atoms with Crippen LogP contribution in [-0.4, -0.2) is 24.9 Å². The Balaban J connectivity index is 2.40. The molecule has 1 aliphatic rings. The van der Waals surface area contributed by atoms with Crippen molar-refractivity contribution in [1.29, 1.82) is 0 Å². The van der Waals surface area contributed by atoms with Crippen LogP contribution in [0.4, 0.5) is 27.6 Å². The average Bonchev–Trinajstić information content (AvgIpc) is 2.45. The summed E-state index contributed by atoms with van der Waals surface area (Å²) in [7, 11) is 0. The van der Waals surface area contributed by atoms with E-state index in [0.29, 0.717) is 0 Å². The van der Waals surface area contributed by atoms with Gasteiger partial charge < -0.3 is 4.90 Å². The number of alkyl halides is 5. The van der Waals surface area contributed by atoms with Crippen molar-refractivity contribution in [2.24, 2.45) is 5.84 Å². The Bertz CT molecular complexity index is 563. The van der Waals surface area contributed by atoms with Crippen molar-refractivity contribution < 1.29 is 26.7 Å². The Morgan fingerprint density at radius 1 is 1.23 bits per heavy atom. The molecule has 22 heavy (non-hydrogen) atoms. The second kappa shape index (κ2) is 5.71. The number of benzene rings is 1. The minimum atomic E-state index is -4.65. The minimum Gasteiger partial charge on any atom is -0.371 e. The number of piperidine rings is 1. The van der Waals surface area contributed by atoms with Gasteiger partial charge in [-0.05, 0) is 18.2 Å². The van der Waals surface area contributed by atoms with Gasteiger partial charge in [-0.3, -0.25) is 10.2 Å². The molecule has 122 valence electrons. The molecule has 0 spiro atoms. The minimum absolute atomic E-state index is 0.0668. The van der Waals surface area contributed by atoms with Crippen molar-refractivity contribution in [3.63, 3.8) is 0 Å². The summed E-state index contributed by atoms with van der Waals surface area (Å²) in [4.78, 5) is 12.7. The van der Waals surface area contributed by atoms with E-state index in [1.165, 1.54) is 4.90 Å². The van der Waals surface area contributed by atoms with Crippen LogP contribution >= 0.6 is 0 Å². The molecule has 0 radical (unpaired) electrons. The number of hydrazine groups is 1. The van der Waals surface area contributed by atoms with Gasteiger partial charge in [0.25, 0.3) is 11.8 Å². The molecule has 1 aliphatic heterocycles. The Kier molecular flexibility index (Phi) is 4.28. The summed E-state index contributed by atoms with van der Waals surface area (Å²) in [5.41, 5.74) is 0.503. The van der Waals surface area contributed by atoms with Crippen LogP contribution in [0.5, 0.6) is 0 Å². The number of anilines is 1. The monoisotopic (exact) mass is 323 g/mol. The van der Waals surface area contributed by atoms with Gasteiger partial charge in [-0.15, -0.1) is 0 Å². The third-order valence-corrected chi connectivity index (χ3v) is 3.53. The Hall–Kier alpha value is -1.90. The van der Waals surface area contributed by atoms with Gasteiger partial charge in [0.2, 0.25) is 0 Å². The van der Waals surface area contributed by atoms with E-state index in [2.05, 4.69) is 0 Å². The molecule has 0 atom stereocenters. The molecule has 1 fully saturated rings. The summed E-state index contributed by atoms with van der Waals surface area (Å²) in [5.74, 6) is 1.33. The molecule has 3 N–H and O–H groups in total. The van der Waals surface area contributed by atoms with Crippen LogP contribution in [0.15, 0.2) is 18.2 Å². The van der Waals surface area contributed by atoms with Gasteiger partial charge in [-0.1, -0.05) is 0 Å². The molecule has 4 nitrogen and oxygen atoms in total. The van der Waals surface area contributed by atoms with Crippen LogP contribution < -0.4 is 16.2 Å². The smallest absolute Gasteiger partial charge is 0.371 e. The van der Waals surface area contributed by atoms with Crippen molar-refractivity contribution in [1.82, 2.24) is 5.43 Å². The molecule has 0 unspecified atom stereocenters. The lowest BCUT2D eigenvalue weighted by molar-refractivity contribution is -0.137. The molecule has 0 bridgehead atoms. The number of carbonyl (C=O) groups excluding carboxylic acids is 1.